The van der Waals surface area contributed by atoms with Gasteiger partial charge in [-0.25, -0.2) is 4.79 Å². The molecule has 1 aliphatic rings. The summed E-state index contributed by atoms with van der Waals surface area (Å²) in [4.78, 5) is 38.3. The Morgan fingerprint density at radius 2 is 1.92 bits per heavy atom. The minimum absolute atomic E-state index is 0.184. The lowest BCUT2D eigenvalue weighted by Gasteiger charge is -2.18. The SMILES string of the molecule is C=CCc1cc(/C=C2/SC(=O)N([C@@H](C)C(=O)OC)C2=O)cc(OCC)c1OCc1ccc(Cl)cc1Cl. The van der Waals surface area contributed by atoms with Crippen molar-refractivity contribution in [2.24, 2.45) is 0 Å². The first kappa shape index (κ1) is 27.6. The van der Waals surface area contributed by atoms with Crippen LogP contribution in [0.15, 0.2) is 47.9 Å². The number of thioether (sulfide) groups is 1. The second-order valence-corrected chi connectivity index (χ2v) is 9.55. The number of carbonyl (C=O) groups is 3. The first-order valence-corrected chi connectivity index (χ1v) is 12.6. The fourth-order valence-electron chi connectivity index (χ4n) is 3.53. The summed E-state index contributed by atoms with van der Waals surface area (Å²) in [6.45, 7) is 7.67. The molecule has 1 atom stereocenters. The summed E-state index contributed by atoms with van der Waals surface area (Å²) in [5.41, 5.74) is 2.16. The summed E-state index contributed by atoms with van der Waals surface area (Å²) in [5.74, 6) is -0.251. The highest BCUT2D eigenvalue weighted by Crippen LogP contribution is 2.38. The number of carbonyl (C=O) groups excluding carboxylic acids is 3. The Kier molecular flexibility index (Phi) is 9.48. The number of allylic oxidation sites excluding steroid dienone is 1. The van der Waals surface area contributed by atoms with E-state index in [2.05, 4.69) is 11.3 Å². The van der Waals surface area contributed by atoms with Gasteiger partial charge in [-0.05, 0) is 67.9 Å². The maximum Gasteiger partial charge on any atom is 0.328 e. The fraction of sp³-hybridized carbons (Fsp3) is 0.269. The van der Waals surface area contributed by atoms with Crippen LogP contribution >= 0.6 is 35.0 Å². The Morgan fingerprint density at radius 1 is 1.17 bits per heavy atom. The van der Waals surface area contributed by atoms with Crippen molar-refractivity contribution < 1.29 is 28.6 Å². The van der Waals surface area contributed by atoms with Crippen LogP contribution in [0.3, 0.4) is 0 Å². The normalized spacial score (nSPS) is 15.2. The Bertz CT molecular complexity index is 1230. The van der Waals surface area contributed by atoms with Gasteiger partial charge in [0.1, 0.15) is 12.6 Å². The van der Waals surface area contributed by atoms with E-state index < -0.39 is 23.2 Å². The molecule has 2 aromatic rings. The molecule has 2 amide bonds. The average Bonchev–Trinajstić information content (AvgIpc) is 3.11. The van der Waals surface area contributed by atoms with Gasteiger partial charge >= 0.3 is 5.97 Å². The van der Waals surface area contributed by atoms with Crippen molar-refractivity contribution in [3.63, 3.8) is 0 Å². The first-order valence-electron chi connectivity index (χ1n) is 11.0. The first-order chi connectivity index (χ1) is 17.2. The minimum Gasteiger partial charge on any atom is -0.490 e. The Labute approximate surface area is 224 Å². The van der Waals surface area contributed by atoms with Gasteiger partial charge in [0.25, 0.3) is 11.1 Å². The standard InChI is InChI=1S/C26H25Cl2NO6S/c1-5-7-17-10-16(12-22-24(30)29(26(32)36-22)15(3)25(31)33-4)11-21(34-6-2)23(17)35-14-18-8-9-19(27)13-20(18)28/h5,8-13,15H,1,6-7,14H2,2-4H3/b22-12+/t15-/m0/s1. The predicted octanol–water partition coefficient (Wildman–Crippen LogP) is 6.30. The summed E-state index contributed by atoms with van der Waals surface area (Å²) < 4.78 is 16.6. The molecule has 1 fully saturated rings. The third-order valence-electron chi connectivity index (χ3n) is 5.26. The van der Waals surface area contributed by atoms with Gasteiger partial charge in [0, 0.05) is 21.2 Å². The van der Waals surface area contributed by atoms with E-state index in [0.717, 1.165) is 27.8 Å². The monoisotopic (exact) mass is 549 g/mol. The van der Waals surface area contributed by atoms with Gasteiger partial charge in [-0.1, -0.05) is 35.3 Å². The van der Waals surface area contributed by atoms with E-state index in [9.17, 15) is 14.4 Å². The predicted molar refractivity (Wildman–Crippen MR) is 142 cm³/mol. The lowest BCUT2D eigenvalue weighted by Crippen LogP contribution is -2.42. The number of imide groups is 1. The van der Waals surface area contributed by atoms with Crippen LogP contribution in [-0.4, -0.2) is 41.8 Å². The van der Waals surface area contributed by atoms with E-state index in [1.807, 2.05) is 13.0 Å². The minimum atomic E-state index is -1.03. The van der Waals surface area contributed by atoms with Gasteiger partial charge in [-0.3, -0.25) is 14.5 Å². The molecule has 3 rings (SSSR count). The lowest BCUT2D eigenvalue weighted by atomic mass is 10.0. The molecule has 0 radical (unpaired) electrons. The molecule has 1 aliphatic heterocycles. The van der Waals surface area contributed by atoms with Gasteiger partial charge in [-0.2, -0.15) is 0 Å². The van der Waals surface area contributed by atoms with Gasteiger partial charge in [0.15, 0.2) is 11.5 Å². The van der Waals surface area contributed by atoms with E-state index in [1.165, 1.54) is 14.0 Å². The van der Waals surface area contributed by atoms with Crippen molar-refractivity contribution in [3.8, 4) is 11.5 Å². The number of amides is 2. The molecule has 0 aromatic heterocycles. The molecule has 0 N–H and O–H groups in total. The zero-order valence-electron chi connectivity index (χ0n) is 20.0. The number of rotatable bonds is 10. The Morgan fingerprint density at radius 3 is 2.56 bits per heavy atom. The summed E-state index contributed by atoms with van der Waals surface area (Å²) in [6.07, 6.45) is 3.78. The molecule has 36 heavy (non-hydrogen) atoms. The van der Waals surface area contributed by atoms with E-state index >= 15 is 0 Å². The number of nitrogens with zero attached hydrogens (tertiary/aromatic N) is 1. The largest absolute Gasteiger partial charge is 0.490 e. The lowest BCUT2D eigenvalue weighted by molar-refractivity contribution is -0.148. The molecule has 1 heterocycles. The van der Waals surface area contributed by atoms with Gasteiger partial charge in [-0.15, -0.1) is 6.58 Å². The van der Waals surface area contributed by atoms with Crippen molar-refractivity contribution in [2.75, 3.05) is 13.7 Å². The molecule has 0 spiro atoms. The highest BCUT2D eigenvalue weighted by Gasteiger charge is 2.41. The van der Waals surface area contributed by atoms with Crippen LogP contribution in [-0.2, 0) is 27.4 Å². The maximum atomic E-state index is 12.9. The molecule has 0 aliphatic carbocycles. The molecule has 190 valence electrons. The van der Waals surface area contributed by atoms with Crippen LogP contribution in [0.5, 0.6) is 11.5 Å². The van der Waals surface area contributed by atoms with Gasteiger partial charge < -0.3 is 14.2 Å². The van der Waals surface area contributed by atoms with Crippen molar-refractivity contribution in [1.82, 2.24) is 4.90 Å². The third-order valence-corrected chi connectivity index (χ3v) is 6.73. The van der Waals surface area contributed by atoms with Crippen molar-refractivity contribution in [3.05, 3.63) is 74.6 Å². The van der Waals surface area contributed by atoms with Crippen molar-refractivity contribution in [2.45, 2.75) is 32.9 Å². The quantitative estimate of drug-likeness (QED) is 0.195. The number of hydrogen-bond donors (Lipinski definition) is 0. The summed E-state index contributed by atoms with van der Waals surface area (Å²) in [6, 6.07) is 7.70. The number of esters is 1. The number of halogens is 2. The van der Waals surface area contributed by atoms with Crippen LogP contribution < -0.4 is 9.47 Å². The molecule has 7 nitrogen and oxygen atoms in total. The van der Waals surface area contributed by atoms with Gasteiger partial charge in [0.05, 0.1) is 18.6 Å². The van der Waals surface area contributed by atoms with Crippen LogP contribution in [0.2, 0.25) is 10.0 Å². The van der Waals surface area contributed by atoms with Crippen LogP contribution in [0.1, 0.15) is 30.5 Å². The zero-order valence-corrected chi connectivity index (χ0v) is 22.3. The third kappa shape index (κ3) is 6.24. The summed E-state index contributed by atoms with van der Waals surface area (Å²) in [7, 11) is 1.20. The average molecular weight is 550 g/mol. The molecular weight excluding hydrogens is 525 g/mol. The topological polar surface area (TPSA) is 82.1 Å². The number of ether oxygens (including phenoxy) is 3. The number of methoxy groups -OCH3 is 1. The number of benzene rings is 2. The van der Waals surface area contributed by atoms with E-state index in [1.54, 1.807) is 36.4 Å². The zero-order chi connectivity index (χ0) is 26.4. The molecule has 0 unspecified atom stereocenters. The molecule has 0 saturated carbocycles. The smallest absolute Gasteiger partial charge is 0.328 e. The van der Waals surface area contributed by atoms with Crippen LogP contribution in [0.4, 0.5) is 4.79 Å². The van der Waals surface area contributed by atoms with E-state index in [4.69, 9.17) is 32.7 Å². The second kappa shape index (κ2) is 12.3. The second-order valence-electron chi connectivity index (χ2n) is 7.71. The maximum absolute atomic E-state index is 12.9. The molecule has 0 bridgehead atoms. The molecule has 2 aromatic carbocycles. The highest BCUT2D eigenvalue weighted by molar-refractivity contribution is 8.18. The van der Waals surface area contributed by atoms with Crippen molar-refractivity contribution in [1.29, 1.82) is 0 Å². The van der Waals surface area contributed by atoms with Gasteiger partial charge in [0.2, 0.25) is 0 Å². The molecule has 10 heteroatoms. The van der Waals surface area contributed by atoms with E-state index in [-0.39, 0.29) is 11.5 Å². The van der Waals surface area contributed by atoms with E-state index in [0.29, 0.717) is 40.1 Å². The molecule has 1 saturated heterocycles. The highest BCUT2D eigenvalue weighted by atomic mass is 35.5. The molecular formula is C26H25Cl2NO6S. The van der Waals surface area contributed by atoms with Crippen LogP contribution in [0, 0.1) is 0 Å². The Balaban J connectivity index is 1.96. The Hall–Kier alpha value is -2.94. The summed E-state index contributed by atoms with van der Waals surface area (Å²) >= 11 is 13.0. The fourth-order valence-corrected chi connectivity index (χ4v) is 4.90. The van der Waals surface area contributed by atoms with Crippen molar-refractivity contribution >= 4 is 58.2 Å². The summed E-state index contributed by atoms with van der Waals surface area (Å²) in [5, 5.41) is 0.473. The number of hydrogen-bond acceptors (Lipinski definition) is 7. The van der Waals surface area contributed by atoms with Crippen LogP contribution in [0.25, 0.3) is 6.08 Å².